The minimum atomic E-state index is -0.285. The molecule has 1 nitrogen and oxygen atoms in total. The van der Waals surface area contributed by atoms with E-state index in [1.54, 1.807) is 0 Å². The molecule has 1 rings (SSSR count). The Balaban J connectivity index is 2.83. The lowest BCUT2D eigenvalue weighted by molar-refractivity contribution is 0.0804. The lowest BCUT2D eigenvalue weighted by atomic mass is 9.71. The number of hydrogen-bond donors (Lipinski definition) is 1. The van der Waals surface area contributed by atoms with Crippen molar-refractivity contribution in [2.24, 2.45) is 5.41 Å². The van der Waals surface area contributed by atoms with Crippen LogP contribution in [0.25, 0.3) is 0 Å². The Morgan fingerprint density at radius 3 is 2.29 bits per heavy atom. The van der Waals surface area contributed by atoms with E-state index in [9.17, 15) is 5.11 Å². The van der Waals surface area contributed by atoms with Crippen molar-refractivity contribution in [3.05, 3.63) is 23.8 Å². The molecule has 0 aliphatic heterocycles. The van der Waals surface area contributed by atoms with Crippen LogP contribution in [0.3, 0.4) is 0 Å². The number of aliphatic hydroxyl groups is 1. The van der Waals surface area contributed by atoms with Crippen molar-refractivity contribution in [2.45, 2.75) is 52.6 Å². The van der Waals surface area contributed by atoms with E-state index in [1.165, 1.54) is 5.57 Å². The van der Waals surface area contributed by atoms with Gasteiger partial charge in [-0.3, -0.25) is 0 Å². The van der Waals surface area contributed by atoms with Crippen LogP contribution in [0, 0.1) is 5.41 Å². The average Bonchev–Trinajstić information content (AvgIpc) is 2.13. The molecule has 1 atom stereocenters. The van der Waals surface area contributed by atoms with Gasteiger partial charge in [-0.05, 0) is 19.8 Å². The molecule has 1 heteroatoms. The Morgan fingerprint density at radius 1 is 1.29 bits per heavy atom. The molecule has 1 unspecified atom stereocenters. The zero-order valence-electron chi connectivity index (χ0n) is 9.59. The molecule has 0 aromatic rings. The monoisotopic (exact) mass is 194 g/mol. The first-order chi connectivity index (χ1) is 6.64. The highest BCUT2D eigenvalue weighted by Crippen LogP contribution is 2.39. The molecule has 0 saturated heterocycles. The zero-order valence-corrected chi connectivity index (χ0v) is 9.59. The summed E-state index contributed by atoms with van der Waals surface area (Å²) in [6, 6.07) is 0. The molecule has 0 amide bonds. The highest BCUT2D eigenvalue weighted by molar-refractivity contribution is 5.28. The molecule has 0 fully saturated rings. The third-order valence-electron chi connectivity index (χ3n) is 3.12. The summed E-state index contributed by atoms with van der Waals surface area (Å²) in [6.07, 6.45) is 10.5. The first-order valence-corrected chi connectivity index (χ1v) is 5.70. The zero-order chi connectivity index (χ0) is 10.6. The van der Waals surface area contributed by atoms with Crippen LogP contribution in [-0.2, 0) is 0 Å². The van der Waals surface area contributed by atoms with Gasteiger partial charge in [0.25, 0.3) is 0 Å². The predicted octanol–water partition coefficient (Wildman–Crippen LogP) is 3.45. The Bertz CT molecular complexity index is 232. The summed E-state index contributed by atoms with van der Waals surface area (Å²) in [4.78, 5) is 0. The minimum absolute atomic E-state index is 0.0169. The van der Waals surface area contributed by atoms with Gasteiger partial charge in [0, 0.05) is 5.41 Å². The third-order valence-corrected chi connectivity index (χ3v) is 3.12. The van der Waals surface area contributed by atoms with E-state index in [0.717, 1.165) is 25.7 Å². The Morgan fingerprint density at radius 2 is 1.86 bits per heavy atom. The summed E-state index contributed by atoms with van der Waals surface area (Å²) in [5.41, 5.74) is 1.20. The largest absolute Gasteiger partial charge is 0.388 e. The quantitative estimate of drug-likeness (QED) is 0.726. The summed E-state index contributed by atoms with van der Waals surface area (Å²) in [7, 11) is 0. The fraction of sp³-hybridized carbons (Fsp3) is 0.692. The van der Waals surface area contributed by atoms with Gasteiger partial charge in [-0.1, -0.05) is 50.5 Å². The van der Waals surface area contributed by atoms with Gasteiger partial charge in [0.2, 0.25) is 0 Å². The Labute approximate surface area is 87.5 Å². The maximum atomic E-state index is 10.1. The van der Waals surface area contributed by atoms with Gasteiger partial charge < -0.3 is 5.11 Å². The van der Waals surface area contributed by atoms with E-state index in [1.807, 2.05) is 13.0 Å². The summed E-state index contributed by atoms with van der Waals surface area (Å²) in [5, 5.41) is 10.1. The maximum Gasteiger partial charge on any atom is 0.0817 e. The molecule has 0 heterocycles. The fourth-order valence-corrected chi connectivity index (χ4v) is 2.38. The average molecular weight is 194 g/mol. The lowest BCUT2D eigenvalue weighted by Crippen LogP contribution is -2.33. The molecular weight excluding hydrogens is 172 g/mol. The second-order valence-electron chi connectivity index (χ2n) is 4.42. The Hall–Kier alpha value is -0.560. The number of aliphatic hydroxyl groups excluding tert-OH is 1. The van der Waals surface area contributed by atoms with E-state index in [0.29, 0.717) is 0 Å². The van der Waals surface area contributed by atoms with Crippen LogP contribution in [0.5, 0.6) is 0 Å². The van der Waals surface area contributed by atoms with E-state index in [2.05, 4.69) is 26.0 Å². The van der Waals surface area contributed by atoms with Gasteiger partial charge >= 0.3 is 0 Å². The SMILES string of the molecule is CCCC1(CCC)C=CC(C)=CC1O. The van der Waals surface area contributed by atoms with Crippen LogP contribution in [0.15, 0.2) is 23.8 Å². The molecule has 0 bridgehead atoms. The van der Waals surface area contributed by atoms with Crippen molar-refractivity contribution in [2.75, 3.05) is 0 Å². The van der Waals surface area contributed by atoms with Crippen molar-refractivity contribution >= 4 is 0 Å². The van der Waals surface area contributed by atoms with Gasteiger partial charge in [0.15, 0.2) is 0 Å². The van der Waals surface area contributed by atoms with Gasteiger partial charge in [0.05, 0.1) is 6.10 Å². The molecule has 0 aromatic carbocycles. The van der Waals surface area contributed by atoms with Crippen LogP contribution in [0.1, 0.15) is 46.5 Å². The van der Waals surface area contributed by atoms with Crippen molar-refractivity contribution in [1.29, 1.82) is 0 Å². The van der Waals surface area contributed by atoms with Gasteiger partial charge in [0.1, 0.15) is 0 Å². The molecular formula is C13H22O. The third kappa shape index (κ3) is 2.27. The molecule has 0 saturated carbocycles. The summed E-state index contributed by atoms with van der Waals surface area (Å²) in [6.45, 7) is 6.41. The first kappa shape index (κ1) is 11.5. The van der Waals surface area contributed by atoms with Gasteiger partial charge in [-0.2, -0.15) is 0 Å². The van der Waals surface area contributed by atoms with Crippen molar-refractivity contribution in [3.63, 3.8) is 0 Å². The molecule has 80 valence electrons. The normalized spacial score (nSPS) is 24.9. The van der Waals surface area contributed by atoms with Crippen LogP contribution >= 0.6 is 0 Å². The number of rotatable bonds is 4. The smallest absolute Gasteiger partial charge is 0.0817 e. The van der Waals surface area contributed by atoms with Crippen LogP contribution in [0.2, 0.25) is 0 Å². The van der Waals surface area contributed by atoms with Crippen molar-refractivity contribution < 1.29 is 5.11 Å². The van der Waals surface area contributed by atoms with E-state index in [4.69, 9.17) is 0 Å². The molecule has 14 heavy (non-hydrogen) atoms. The predicted molar refractivity (Wildman–Crippen MR) is 61.2 cm³/mol. The minimum Gasteiger partial charge on any atom is -0.388 e. The maximum absolute atomic E-state index is 10.1. The summed E-state index contributed by atoms with van der Waals surface area (Å²) >= 11 is 0. The summed E-state index contributed by atoms with van der Waals surface area (Å²) < 4.78 is 0. The molecule has 0 aromatic heterocycles. The number of allylic oxidation sites excluding steroid dienone is 2. The topological polar surface area (TPSA) is 20.2 Å². The van der Waals surface area contributed by atoms with E-state index in [-0.39, 0.29) is 11.5 Å². The number of hydrogen-bond acceptors (Lipinski definition) is 1. The molecule has 1 aliphatic rings. The molecule has 1 aliphatic carbocycles. The summed E-state index contributed by atoms with van der Waals surface area (Å²) in [5.74, 6) is 0. The highest BCUT2D eigenvalue weighted by atomic mass is 16.3. The van der Waals surface area contributed by atoms with Crippen molar-refractivity contribution in [3.8, 4) is 0 Å². The van der Waals surface area contributed by atoms with Crippen molar-refractivity contribution in [1.82, 2.24) is 0 Å². The second-order valence-corrected chi connectivity index (χ2v) is 4.42. The standard InChI is InChI=1S/C13H22O/c1-4-7-13(8-5-2)9-6-11(3)10-12(13)14/h6,9-10,12,14H,4-5,7-8H2,1-3H3. The molecule has 1 N–H and O–H groups in total. The first-order valence-electron chi connectivity index (χ1n) is 5.70. The fourth-order valence-electron chi connectivity index (χ4n) is 2.38. The van der Waals surface area contributed by atoms with Gasteiger partial charge in [-0.15, -0.1) is 0 Å². The molecule has 0 radical (unpaired) electrons. The van der Waals surface area contributed by atoms with Gasteiger partial charge in [-0.25, -0.2) is 0 Å². The lowest BCUT2D eigenvalue weighted by Gasteiger charge is -2.36. The molecule has 0 spiro atoms. The van der Waals surface area contributed by atoms with Crippen LogP contribution in [-0.4, -0.2) is 11.2 Å². The second kappa shape index (κ2) is 4.79. The van der Waals surface area contributed by atoms with E-state index < -0.39 is 0 Å². The van der Waals surface area contributed by atoms with E-state index >= 15 is 0 Å². The highest BCUT2D eigenvalue weighted by Gasteiger charge is 2.33. The van der Waals surface area contributed by atoms with Crippen LogP contribution < -0.4 is 0 Å². The van der Waals surface area contributed by atoms with Crippen LogP contribution in [0.4, 0.5) is 0 Å². The Kier molecular flexibility index (Phi) is 3.94.